The first-order chi connectivity index (χ1) is 26.7. The van der Waals surface area contributed by atoms with Crippen molar-refractivity contribution in [1.82, 2.24) is 0 Å². The highest BCUT2D eigenvalue weighted by Gasteiger charge is 2.17. The molecule has 0 saturated carbocycles. The van der Waals surface area contributed by atoms with Crippen LogP contribution < -0.4 is 4.90 Å². The van der Waals surface area contributed by atoms with E-state index in [1.165, 1.54) is 44.2 Å². The lowest BCUT2D eigenvalue weighted by molar-refractivity contribution is 0.669. The minimum Gasteiger partial charge on any atom is -0.456 e. The highest BCUT2D eigenvalue weighted by atomic mass is 16.3. The third-order valence-electron chi connectivity index (χ3n) is 10.4. The van der Waals surface area contributed by atoms with Crippen molar-refractivity contribution in [2.24, 2.45) is 0 Å². The highest BCUT2D eigenvalue weighted by molar-refractivity contribution is 6.06. The van der Waals surface area contributed by atoms with E-state index in [2.05, 4.69) is 205 Å². The van der Waals surface area contributed by atoms with E-state index in [1.807, 2.05) is 12.1 Å². The van der Waals surface area contributed by atoms with Gasteiger partial charge in [-0.25, -0.2) is 0 Å². The Kier molecular flexibility index (Phi) is 7.85. The van der Waals surface area contributed by atoms with Gasteiger partial charge in [-0.05, 0) is 122 Å². The van der Waals surface area contributed by atoms with Gasteiger partial charge in [0.25, 0.3) is 0 Å². The molecule has 0 saturated heterocycles. The standard InChI is InChI=1S/C52H35NO/c1-3-12-36(13-4-1)44-31-45(37-14-5-2-6-15-37)34-48(33-44)53(47-19-11-18-41(32-47)42-23-22-38-16-7-8-17-40(38)30-42)46-27-24-39(25-28-46)43-26-29-52-50(35-43)49-20-9-10-21-51(49)54-52/h1-35H. The SMILES string of the molecule is c1ccc(-c2cc(-c3ccccc3)cc(N(c3ccc(-c4ccc5oc6ccccc6c5c4)cc3)c3cccc(-c4ccc5ccccc5c4)c3)c2)cc1. The number of anilines is 3. The number of benzene rings is 9. The molecule has 0 unspecified atom stereocenters. The highest BCUT2D eigenvalue weighted by Crippen LogP contribution is 2.42. The number of rotatable bonds is 7. The normalized spacial score (nSPS) is 11.3. The number of nitrogens with zero attached hydrogens (tertiary/aromatic N) is 1. The first kappa shape index (κ1) is 31.6. The molecule has 0 bridgehead atoms. The zero-order valence-electron chi connectivity index (χ0n) is 29.6. The number of furan rings is 1. The molecule has 54 heavy (non-hydrogen) atoms. The van der Waals surface area contributed by atoms with Crippen molar-refractivity contribution in [3.8, 4) is 44.5 Å². The van der Waals surface area contributed by atoms with Gasteiger partial charge in [0.05, 0.1) is 0 Å². The van der Waals surface area contributed by atoms with Gasteiger partial charge in [0.2, 0.25) is 0 Å². The maximum atomic E-state index is 6.13. The van der Waals surface area contributed by atoms with Crippen LogP contribution in [0.25, 0.3) is 77.2 Å². The van der Waals surface area contributed by atoms with E-state index in [4.69, 9.17) is 4.42 Å². The Balaban J connectivity index is 1.13. The Morgan fingerprint density at radius 2 is 0.796 bits per heavy atom. The third-order valence-corrected chi connectivity index (χ3v) is 10.4. The Morgan fingerprint density at radius 3 is 1.56 bits per heavy atom. The van der Waals surface area contributed by atoms with Crippen molar-refractivity contribution >= 4 is 49.8 Å². The predicted molar refractivity (Wildman–Crippen MR) is 228 cm³/mol. The number of hydrogen-bond donors (Lipinski definition) is 0. The fraction of sp³-hybridized carbons (Fsp3) is 0. The lowest BCUT2D eigenvalue weighted by Crippen LogP contribution is -2.10. The molecule has 0 atom stereocenters. The molecule has 10 rings (SSSR count). The van der Waals surface area contributed by atoms with E-state index in [1.54, 1.807) is 0 Å². The molecule has 0 aliphatic heterocycles. The predicted octanol–water partition coefficient (Wildman–Crippen LogP) is 14.9. The largest absolute Gasteiger partial charge is 0.456 e. The van der Waals surface area contributed by atoms with Crippen LogP contribution in [0.1, 0.15) is 0 Å². The summed E-state index contributed by atoms with van der Waals surface area (Å²) in [6.07, 6.45) is 0. The lowest BCUT2D eigenvalue weighted by atomic mass is 9.96. The molecule has 0 spiro atoms. The van der Waals surface area contributed by atoms with Crippen LogP contribution in [0.5, 0.6) is 0 Å². The molecule has 1 aromatic heterocycles. The van der Waals surface area contributed by atoms with Gasteiger partial charge in [-0.15, -0.1) is 0 Å². The fourth-order valence-electron chi connectivity index (χ4n) is 7.68. The first-order valence-electron chi connectivity index (χ1n) is 18.4. The van der Waals surface area contributed by atoms with E-state index in [0.717, 1.165) is 50.1 Å². The Hall–Kier alpha value is -7.16. The van der Waals surface area contributed by atoms with Crippen LogP contribution >= 0.6 is 0 Å². The molecule has 0 radical (unpaired) electrons. The van der Waals surface area contributed by atoms with Gasteiger partial charge in [-0.3, -0.25) is 0 Å². The molecular formula is C52H35NO. The second kappa shape index (κ2) is 13.4. The van der Waals surface area contributed by atoms with Crippen molar-refractivity contribution in [1.29, 1.82) is 0 Å². The molecule has 0 aliphatic carbocycles. The van der Waals surface area contributed by atoms with Gasteiger partial charge in [0.15, 0.2) is 0 Å². The van der Waals surface area contributed by atoms with Crippen LogP contribution in [0.15, 0.2) is 217 Å². The van der Waals surface area contributed by atoms with Gasteiger partial charge in [-0.1, -0.05) is 146 Å². The molecule has 254 valence electrons. The molecule has 2 heteroatoms. The average Bonchev–Trinajstić information content (AvgIpc) is 3.63. The topological polar surface area (TPSA) is 16.4 Å². The van der Waals surface area contributed by atoms with Crippen molar-refractivity contribution in [2.75, 3.05) is 4.90 Å². The molecule has 0 amide bonds. The molecule has 0 fully saturated rings. The molecule has 1 heterocycles. The fourth-order valence-corrected chi connectivity index (χ4v) is 7.68. The minimum atomic E-state index is 0.904. The van der Waals surface area contributed by atoms with E-state index < -0.39 is 0 Å². The summed E-state index contributed by atoms with van der Waals surface area (Å²) >= 11 is 0. The third kappa shape index (κ3) is 5.90. The summed E-state index contributed by atoms with van der Waals surface area (Å²) < 4.78 is 6.13. The lowest BCUT2D eigenvalue weighted by Gasteiger charge is -2.27. The molecule has 9 aromatic carbocycles. The maximum Gasteiger partial charge on any atom is 0.135 e. The Morgan fingerprint density at radius 1 is 0.259 bits per heavy atom. The summed E-state index contributed by atoms with van der Waals surface area (Å²) in [6, 6.07) is 76.1. The van der Waals surface area contributed by atoms with Crippen LogP contribution in [0, 0.1) is 0 Å². The minimum absolute atomic E-state index is 0.904. The van der Waals surface area contributed by atoms with Crippen molar-refractivity contribution < 1.29 is 4.42 Å². The smallest absolute Gasteiger partial charge is 0.135 e. The first-order valence-corrected chi connectivity index (χ1v) is 18.4. The van der Waals surface area contributed by atoms with Crippen LogP contribution in [0.2, 0.25) is 0 Å². The van der Waals surface area contributed by atoms with E-state index in [-0.39, 0.29) is 0 Å². The summed E-state index contributed by atoms with van der Waals surface area (Å²) in [5.74, 6) is 0. The molecular weight excluding hydrogens is 655 g/mol. The van der Waals surface area contributed by atoms with Gasteiger partial charge >= 0.3 is 0 Å². The molecule has 10 aromatic rings. The van der Waals surface area contributed by atoms with Gasteiger partial charge < -0.3 is 9.32 Å². The summed E-state index contributed by atoms with van der Waals surface area (Å²) in [4.78, 5) is 2.39. The van der Waals surface area contributed by atoms with Crippen molar-refractivity contribution in [3.05, 3.63) is 212 Å². The quantitative estimate of drug-likeness (QED) is 0.166. The number of hydrogen-bond acceptors (Lipinski definition) is 2. The summed E-state index contributed by atoms with van der Waals surface area (Å²) in [7, 11) is 0. The molecule has 2 nitrogen and oxygen atoms in total. The summed E-state index contributed by atoms with van der Waals surface area (Å²) in [6.45, 7) is 0. The second-order valence-electron chi connectivity index (χ2n) is 13.8. The molecule has 0 N–H and O–H groups in total. The summed E-state index contributed by atoms with van der Waals surface area (Å²) in [5, 5.41) is 4.74. The zero-order chi connectivity index (χ0) is 35.8. The van der Waals surface area contributed by atoms with Crippen molar-refractivity contribution in [2.45, 2.75) is 0 Å². The number of fused-ring (bicyclic) bond motifs is 4. The average molecular weight is 690 g/mol. The zero-order valence-corrected chi connectivity index (χ0v) is 29.6. The van der Waals surface area contributed by atoms with Crippen LogP contribution in [0.3, 0.4) is 0 Å². The summed E-state index contributed by atoms with van der Waals surface area (Å²) in [5.41, 5.74) is 14.4. The van der Waals surface area contributed by atoms with E-state index in [9.17, 15) is 0 Å². The van der Waals surface area contributed by atoms with E-state index >= 15 is 0 Å². The monoisotopic (exact) mass is 689 g/mol. The maximum absolute atomic E-state index is 6.13. The van der Waals surface area contributed by atoms with E-state index in [0.29, 0.717) is 0 Å². The Labute approximate surface area is 314 Å². The van der Waals surface area contributed by atoms with Gasteiger partial charge in [-0.2, -0.15) is 0 Å². The molecule has 0 aliphatic rings. The second-order valence-corrected chi connectivity index (χ2v) is 13.8. The van der Waals surface area contributed by atoms with Crippen LogP contribution in [-0.2, 0) is 0 Å². The van der Waals surface area contributed by atoms with Crippen LogP contribution in [0.4, 0.5) is 17.1 Å². The van der Waals surface area contributed by atoms with Crippen molar-refractivity contribution in [3.63, 3.8) is 0 Å². The number of para-hydroxylation sites is 1. The van der Waals surface area contributed by atoms with Gasteiger partial charge in [0, 0.05) is 27.8 Å². The van der Waals surface area contributed by atoms with Gasteiger partial charge in [0.1, 0.15) is 11.2 Å². The Bertz CT molecular complexity index is 2870. The van der Waals surface area contributed by atoms with Crippen LogP contribution in [-0.4, -0.2) is 0 Å².